The van der Waals surface area contributed by atoms with Crippen molar-refractivity contribution in [2.75, 3.05) is 30.9 Å². The Morgan fingerprint density at radius 1 is 1.07 bits per heavy atom. The van der Waals surface area contributed by atoms with Gasteiger partial charge in [0.1, 0.15) is 0 Å². The van der Waals surface area contributed by atoms with Crippen LogP contribution < -0.4 is 13.8 Å². The number of benzene rings is 2. The molecular weight excluding hydrogens is 380 g/mol. The minimum atomic E-state index is -3.49. The van der Waals surface area contributed by atoms with Gasteiger partial charge in [0.25, 0.3) is 0 Å². The number of rotatable bonds is 8. The first-order chi connectivity index (χ1) is 13.3. The van der Waals surface area contributed by atoms with Crippen LogP contribution in [0.2, 0.25) is 0 Å². The second-order valence-electron chi connectivity index (χ2n) is 6.71. The van der Waals surface area contributed by atoms with Gasteiger partial charge in [-0.05, 0) is 24.1 Å². The molecule has 1 aliphatic heterocycles. The molecule has 1 amide bonds. The van der Waals surface area contributed by atoms with Crippen molar-refractivity contribution >= 4 is 21.6 Å². The zero-order valence-electron chi connectivity index (χ0n) is 16.0. The predicted molar refractivity (Wildman–Crippen MR) is 107 cm³/mol. The third-order valence-corrected chi connectivity index (χ3v) is 5.68. The first kappa shape index (κ1) is 20.0. The van der Waals surface area contributed by atoms with Crippen LogP contribution in [0.15, 0.2) is 48.5 Å². The molecule has 0 atom stereocenters. The van der Waals surface area contributed by atoms with Crippen molar-refractivity contribution in [3.05, 3.63) is 54.1 Å². The van der Waals surface area contributed by atoms with Gasteiger partial charge in [0.05, 0.1) is 11.9 Å². The van der Waals surface area contributed by atoms with E-state index < -0.39 is 10.0 Å². The molecule has 8 heteroatoms. The van der Waals surface area contributed by atoms with Crippen molar-refractivity contribution in [2.45, 2.75) is 19.4 Å². The zero-order chi connectivity index (χ0) is 20.1. The molecular formula is C20H24N2O5S. The molecule has 7 nitrogen and oxygen atoms in total. The molecule has 3 rings (SSSR count). The fourth-order valence-electron chi connectivity index (χ4n) is 3.04. The minimum absolute atomic E-state index is 0.0250. The highest BCUT2D eigenvalue weighted by Gasteiger charge is 2.22. The lowest BCUT2D eigenvalue weighted by atomic mass is 10.2. The fourth-order valence-corrected chi connectivity index (χ4v) is 3.99. The van der Waals surface area contributed by atoms with Crippen LogP contribution in [0, 0.1) is 0 Å². The monoisotopic (exact) mass is 404 g/mol. The van der Waals surface area contributed by atoms with Gasteiger partial charge in [0.2, 0.25) is 22.7 Å². The Bertz CT molecular complexity index is 931. The molecule has 1 heterocycles. The number of nitrogens with zero attached hydrogens (tertiary/aromatic N) is 2. The van der Waals surface area contributed by atoms with Crippen molar-refractivity contribution in [3.8, 4) is 11.5 Å². The molecule has 0 saturated heterocycles. The number of ether oxygens (including phenoxy) is 2. The smallest absolute Gasteiger partial charge is 0.232 e. The Kier molecular flexibility index (Phi) is 6.08. The number of carbonyl (C=O) groups excluding carboxylic acids is 1. The van der Waals surface area contributed by atoms with Crippen LogP contribution in [0.25, 0.3) is 0 Å². The van der Waals surface area contributed by atoms with Crippen molar-refractivity contribution in [1.82, 2.24) is 4.90 Å². The summed E-state index contributed by atoms with van der Waals surface area (Å²) in [5.74, 6) is 1.09. The molecule has 150 valence electrons. The first-order valence-corrected chi connectivity index (χ1v) is 10.8. The Labute approximate surface area is 165 Å². The van der Waals surface area contributed by atoms with Gasteiger partial charge >= 0.3 is 0 Å². The van der Waals surface area contributed by atoms with Gasteiger partial charge in [-0.1, -0.05) is 30.3 Å². The lowest BCUT2D eigenvalue weighted by Crippen LogP contribution is -2.32. The topological polar surface area (TPSA) is 76.2 Å². The summed E-state index contributed by atoms with van der Waals surface area (Å²) >= 11 is 0. The van der Waals surface area contributed by atoms with Gasteiger partial charge in [-0.25, -0.2) is 8.42 Å². The Balaban J connectivity index is 1.59. The van der Waals surface area contributed by atoms with E-state index in [-0.39, 0.29) is 25.7 Å². The van der Waals surface area contributed by atoms with Gasteiger partial charge < -0.3 is 14.4 Å². The average Bonchev–Trinajstić information content (AvgIpc) is 3.12. The molecule has 0 aliphatic carbocycles. The van der Waals surface area contributed by atoms with E-state index in [1.807, 2.05) is 30.3 Å². The largest absolute Gasteiger partial charge is 0.454 e. The number of amides is 1. The molecule has 0 spiro atoms. The van der Waals surface area contributed by atoms with Gasteiger partial charge in [-0.3, -0.25) is 9.10 Å². The molecule has 0 unspecified atom stereocenters. The lowest BCUT2D eigenvalue weighted by molar-refractivity contribution is -0.130. The average molecular weight is 404 g/mol. The van der Waals surface area contributed by atoms with E-state index in [0.717, 1.165) is 11.8 Å². The Morgan fingerprint density at radius 3 is 2.50 bits per heavy atom. The molecule has 1 aliphatic rings. The molecule has 0 fully saturated rings. The summed E-state index contributed by atoms with van der Waals surface area (Å²) < 4.78 is 36.4. The summed E-state index contributed by atoms with van der Waals surface area (Å²) in [6.45, 7) is 0.862. The van der Waals surface area contributed by atoms with E-state index in [9.17, 15) is 13.2 Å². The fraction of sp³-hybridized carbons (Fsp3) is 0.350. The number of anilines is 1. The van der Waals surface area contributed by atoms with Crippen molar-refractivity contribution in [1.29, 1.82) is 0 Å². The molecule has 2 aromatic carbocycles. The summed E-state index contributed by atoms with van der Waals surface area (Å²) in [6, 6.07) is 14.7. The normalized spacial score (nSPS) is 12.6. The van der Waals surface area contributed by atoms with Crippen LogP contribution in [-0.4, -0.2) is 45.9 Å². The summed E-state index contributed by atoms with van der Waals surface area (Å²) in [6.07, 6.45) is 1.83. The van der Waals surface area contributed by atoms with E-state index >= 15 is 0 Å². The molecule has 2 aromatic rings. The molecule has 0 radical (unpaired) electrons. The van der Waals surface area contributed by atoms with E-state index in [0.29, 0.717) is 30.2 Å². The van der Waals surface area contributed by atoms with E-state index in [1.165, 1.54) is 4.31 Å². The van der Waals surface area contributed by atoms with Gasteiger partial charge in [-0.2, -0.15) is 0 Å². The number of hydrogen-bond acceptors (Lipinski definition) is 5. The lowest BCUT2D eigenvalue weighted by Gasteiger charge is -2.23. The van der Waals surface area contributed by atoms with Crippen molar-refractivity contribution < 1.29 is 22.7 Å². The zero-order valence-corrected chi connectivity index (χ0v) is 16.8. The maximum atomic E-state index is 12.4. The Morgan fingerprint density at radius 2 is 1.79 bits per heavy atom. The third kappa shape index (κ3) is 4.95. The van der Waals surface area contributed by atoms with Crippen LogP contribution in [0.4, 0.5) is 5.69 Å². The quantitative estimate of drug-likeness (QED) is 0.676. The SMILES string of the molecule is CN(Cc1ccccc1)C(=O)CCCN(c1ccc2c(c1)OCO2)S(C)(=O)=O. The van der Waals surface area contributed by atoms with E-state index in [4.69, 9.17) is 9.47 Å². The van der Waals surface area contributed by atoms with Crippen LogP contribution >= 0.6 is 0 Å². The molecule has 0 saturated carbocycles. The summed E-state index contributed by atoms with van der Waals surface area (Å²) in [5, 5.41) is 0. The summed E-state index contributed by atoms with van der Waals surface area (Å²) in [4.78, 5) is 14.0. The Hall–Kier alpha value is -2.74. The third-order valence-electron chi connectivity index (χ3n) is 4.48. The first-order valence-electron chi connectivity index (χ1n) is 9.00. The molecule has 0 bridgehead atoms. The summed E-state index contributed by atoms with van der Waals surface area (Å²) in [5.41, 5.74) is 1.55. The second-order valence-corrected chi connectivity index (χ2v) is 8.62. The molecule has 28 heavy (non-hydrogen) atoms. The highest BCUT2D eigenvalue weighted by molar-refractivity contribution is 7.92. The summed E-state index contributed by atoms with van der Waals surface area (Å²) in [7, 11) is -1.74. The van der Waals surface area contributed by atoms with Crippen LogP contribution in [0.1, 0.15) is 18.4 Å². The minimum Gasteiger partial charge on any atom is -0.454 e. The second kappa shape index (κ2) is 8.52. The number of sulfonamides is 1. The number of carbonyl (C=O) groups is 1. The number of fused-ring (bicyclic) bond motifs is 1. The maximum Gasteiger partial charge on any atom is 0.232 e. The standard InChI is InChI=1S/C20H24N2O5S/c1-21(14-16-7-4-3-5-8-16)20(23)9-6-12-22(28(2,24)25)17-10-11-18-19(13-17)27-15-26-18/h3-5,7-8,10-11,13H,6,9,12,14-15H2,1-2H3. The highest BCUT2D eigenvalue weighted by atomic mass is 32.2. The van der Waals surface area contributed by atoms with Crippen LogP contribution in [-0.2, 0) is 21.4 Å². The van der Waals surface area contributed by atoms with Gasteiger partial charge in [0.15, 0.2) is 11.5 Å². The van der Waals surface area contributed by atoms with Crippen LogP contribution in [0.5, 0.6) is 11.5 Å². The molecule has 0 aromatic heterocycles. The highest BCUT2D eigenvalue weighted by Crippen LogP contribution is 2.36. The van der Waals surface area contributed by atoms with E-state index in [2.05, 4.69) is 0 Å². The van der Waals surface area contributed by atoms with Crippen molar-refractivity contribution in [3.63, 3.8) is 0 Å². The number of hydrogen-bond donors (Lipinski definition) is 0. The maximum absolute atomic E-state index is 12.4. The predicted octanol–water partition coefficient (Wildman–Crippen LogP) is 2.62. The molecule has 0 N–H and O–H groups in total. The van der Waals surface area contributed by atoms with Crippen molar-refractivity contribution in [2.24, 2.45) is 0 Å². The van der Waals surface area contributed by atoms with Gasteiger partial charge in [0, 0.05) is 32.6 Å². The van der Waals surface area contributed by atoms with E-state index in [1.54, 1.807) is 30.1 Å². The van der Waals surface area contributed by atoms with Crippen LogP contribution in [0.3, 0.4) is 0 Å². The van der Waals surface area contributed by atoms with Gasteiger partial charge in [-0.15, -0.1) is 0 Å².